The lowest BCUT2D eigenvalue weighted by molar-refractivity contribution is -0.986. The molecule has 0 bridgehead atoms. The van der Waals surface area contributed by atoms with Crippen LogP contribution < -0.4 is 5.73 Å². The molecule has 2 aliphatic heterocycles. The summed E-state index contributed by atoms with van der Waals surface area (Å²) in [6.07, 6.45) is 1.10. The Labute approximate surface area is 70.5 Å². The van der Waals surface area contributed by atoms with E-state index in [0.717, 1.165) is 12.8 Å². The predicted octanol–water partition coefficient (Wildman–Crippen LogP) is 0.368. The third-order valence-electron chi connectivity index (χ3n) is 2.30. The zero-order valence-corrected chi connectivity index (χ0v) is 7.09. The van der Waals surface area contributed by atoms with E-state index in [1.54, 1.807) is 16.8 Å². The zero-order valence-electron chi connectivity index (χ0n) is 6.27. The van der Waals surface area contributed by atoms with E-state index in [9.17, 15) is 10.9 Å². The number of nitrogens with zero attached hydrogens (tertiary/aromatic N) is 3. The molecule has 0 aromatic rings. The zero-order chi connectivity index (χ0) is 7.90. The topological polar surface area (TPSA) is 48.6 Å². The molecule has 11 heavy (non-hydrogen) atoms. The minimum absolute atomic E-state index is 0.300. The molecule has 2 fully saturated rings. The lowest BCUT2D eigenvalue weighted by atomic mass is 10.2. The largest absolute Gasteiger partial charge is 0.611 e. The summed E-state index contributed by atoms with van der Waals surface area (Å²) in [7, 11) is 0. The van der Waals surface area contributed by atoms with Crippen molar-refractivity contribution < 1.29 is 4.76 Å². The molecule has 62 valence electrons. The molecule has 0 aromatic heterocycles. The third-order valence-corrected chi connectivity index (χ3v) is 3.33. The van der Waals surface area contributed by atoms with Crippen molar-refractivity contribution in [2.45, 2.75) is 19.0 Å². The fraction of sp³-hybridized carbons (Fsp3) is 1.00. The Kier molecular flexibility index (Phi) is 1.85. The summed E-state index contributed by atoms with van der Waals surface area (Å²) in [5, 5.41) is 13.4. The molecular formula is C6H11N3OS. The van der Waals surface area contributed by atoms with E-state index in [4.69, 9.17) is 0 Å². The van der Waals surface area contributed by atoms with Crippen LogP contribution in [-0.2, 0) is 0 Å². The van der Waals surface area contributed by atoms with Gasteiger partial charge in [0.15, 0.2) is 0 Å². The van der Waals surface area contributed by atoms with Gasteiger partial charge in [0.25, 0.3) is 0 Å². The Morgan fingerprint density at radius 3 is 3.18 bits per heavy atom. The van der Waals surface area contributed by atoms with Gasteiger partial charge in [0.05, 0.1) is 6.54 Å². The second kappa shape index (κ2) is 2.60. The van der Waals surface area contributed by atoms with Gasteiger partial charge in [0, 0.05) is 6.42 Å². The fourth-order valence-corrected chi connectivity index (χ4v) is 2.86. The summed E-state index contributed by atoms with van der Waals surface area (Å²) in [5.41, 5.74) is 9.44. The average Bonchev–Trinajstić information content (AvgIpc) is 2.31. The van der Waals surface area contributed by atoms with Gasteiger partial charge in [-0.15, -0.1) is 10.7 Å². The molecule has 0 aromatic carbocycles. The van der Waals surface area contributed by atoms with Crippen LogP contribution in [0, 0.1) is 5.21 Å². The van der Waals surface area contributed by atoms with Crippen LogP contribution in [0.2, 0.25) is 0 Å². The monoisotopic (exact) mass is 173 g/mol. The van der Waals surface area contributed by atoms with Crippen LogP contribution in [0.4, 0.5) is 0 Å². The number of hydrogen-bond acceptors (Lipinski definition) is 3. The highest BCUT2D eigenvalue weighted by Crippen LogP contribution is 2.33. The molecule has 0 amide bonds. The van der Waals surface area contributed by atoms with Crippen molar-refractivity contribution in [3.05, 3.63) is 5.21 Å². The molecule has 2 heterocycles. The maximum Gasteiger partial charge on any atom is 0.144 e. The number of rotatable bonds is 0. The standard InChI is InChI=1S/C6H11N3OS/c7-6-2-1-3-9(10)5-11-4-8(6)9/h6H,1-5H2. The van der Waals surface area contributed by atoms with E-state index in [1.807, 2.05) is 0 Å². The average molecular weight is 173 g/mol. The first-order chi connectivity index (χ1) is 5.22. The Bertz CT molecular complexity index is 168. The highest BCUT2D eigenvalue weighted by molar-refractivity contribution is 7.99. The molecule has 0 aliphatic carbocycles. The maximum absolute atomic E-state index is 11.8. The second-order valence-electron chi connectivity index (χ2n) is 3.09. The number of hydrogen-bond donors (Lipinski definition) is 0. The number of quaternary nitrogens is 1. The summed E-state index contributed by atoms with van der Waals surface area (Å²) in [4.78, 5) is 0. The molecule has 0 saturated carbocycles. The van der Waals surface area contributed by atoms with E-state index < -0.39 is 6.17 Å². The van der Waals surface area contributed by atoms with Gasteiger partial charge >= 0.3 is 0 Å². The fourth-order valence-electron chi connectivity index (χ4n) is 1.65. The normalized spacial score (nSPS) is 45.8. The molecule has 2 rings (SSSR count). The summed E-state index contributed by atoms with van der Waals surface area (Å²) in [6.45, 7) is 0.643. The minimum atomic E-state index is -0.503. The van der Waals surface area contributed by atoms with E-state index in [0.29, 0.717) is 18.3 Å². The van der Waals surface area contributed by atoms with Crippen LogP contribution in [0.25, 0.3) is 0 Å². The van der Waals surface area contributed by atoms with Gasteiger partial charge in [0.2, 0.25) is 0 Å². The predicted molar refractivity (Wildman–Crippen MR) is 42.8 cm³/mol. The number of fused-ring (bicyclic) bond motifs is 1. The van der Waals surface area contributed by atoms with Gasteiger partial charge in [-0.05, 0) is 6.42 Å². The molecular weight excluding hydrogens is 162 g/mol. The van der Waals surface area contributed by atoms with Crippen LogP contribution in [0.3, 0.4) is 0 Å². The lowest BCUT2D eigenvalue weighted by Gasteiger charge is -2.48. The van der Waals surface area contributed by atoms with Gasteiger partial charge in [-0.2, -0.15) is 0 Å². The van der Waals surface area contributed by atoms with Crippen molar-refractivity contribution in [2.24, 2.45) is 0 Å². The second-order valence-corrected chi connectivity index (χ2v) is 4.02. The SMILES string of the molecule is [N]C1CCC[N+]2([O-])CSCN12. The molecule has 2 saturated heterocycles. The van der Waals surface area contributed by atoms with E-state index in [1.165, 1.54) is 0 Å². The van der Waals surface area contributed by atoms with E-state index in [2.05, 4.69) is 0 Å². The number of hydroxylamine groups is 2. The quantitative estimate of drug-likeness (QED) is 0.393. The minimum Gasteiger partial charge on any atom is -0.611 e. The summed E-state index contributed by atoms with van der Waals surface area (Å²) < 4.78 is -0.300. The van der Waals surface area contributed by atoms with Crippen molar-refractivity contribution in [3.8, 4) is 0 Å². The van der Waals surface area contributed by atoms with Crippen molar-refractivity contribution in [1.82, 2.24) is 10.7 Å². The highest BCUT2D eigenvalue weighted by atomic mass is 32.2. The van der Waals surface area contributed by atoms with Crippen LogP contribution >= 0.6 is 11.8 Å². The molecule has 2 unspecified atom stereocenters. The molecule has 2 atom stereocenters. The van der Waals surface area contributed by atoms with Crippen molar-refractivity contribution >= 4 is 11.8 Å². The van der Waals surface area contributed by atoms with Gasteiger partial charge in [0.1, 0.15) is 17.9 Å². The molecule has 2 aliphatic rings. The molecule has 4 nitrogen and oxygen atoms in total. The smallest absolute Gasteiger partial charge is 0.144 e. The Morgan fingerprint density at radius 2 is 2.45 bits per heavy atom. The van der Waals surface area contributed by atoms with Gasteiger partial charge in [-0.1, -0.05) is 11.8 Å². The van der Waals surface area contributed by atoms with Gasteiger partial charge < -0.3 is 5.21 Å². The Hall–Kier alpha value is 0.190. The van der Waals surface area contributed by atoms with Crippen LogP contribution in [0.5, 0.6) is 0 Å². The first-order valence-electron chi connectivity index (χ1n) is 3.83. The summed E-state index contributed by atoms with van der Waals surface area (Å²) in [5.74, 6) is 1.27. The van der Waals surface area contributed by atoms with Crippen LogP contribution in [-0.4, -0.2) is 34.2 Å². The first kappa shape index (κ1) is 7.82. The summed E-state index contributed by atoms with van der Waals surface area (Å²) in [6, 6.07) is 0. The van der Waals surface area contributed by atoms with E-state index in [-0.39, 0.29) is 4.76 Å². The lowest BCUT2D eigenvalue weighted by Crippen LogP contribution is -2.59. The van der Waals surface area contributed by atoms with E-state index >= 15 is 0 Å². The number of thioether (sulfide) groups is 1. The van der Waals surface area contributed by atoms with Gasteiger partial charge in [-0.3, -0.25) is 4.76 Å². The molecule has 2 radical (unpaired) electrons. The molecule has 0 N–H and O–H groups in total. The van der Waals surface area contributed by atoms with Gasteiger partial charge in [-0.25, -0.2) is 0 Å². The Morgan fingerprint density at radius 1 is 1.64 bits per heavy atom. The third kappa shape index (κ3) is 1.17. The highest BCUT2D eigenvalue weighted by Gasteiger charge is 2.40. The van der Waals surface area contributed by atoms with Crippen molar-refractivity contribution in [1.29, 1.82) is 0 Å². The van der Waals surface area contributed by atoms with Crippen LogP contribution in [0.1, 0.15) is 12.8 Å². The first-order valence-corrected chi connectivity index (χ1v) is 4.99. The van der Waals surface area contributed by atoms with Crippen LogP contribution in [0.15, 0.2) is 0 Å². The van der Waals surface area contributed by atoms with Crippen molar-refractivity contribution in [2.75, 3.05) is 18.3 Å². The molecule has 5 heteroatoms. The Balaban J connectivity index is 2.15. The molecule has 0 spiro atoms. The summed E-state index contributed by atoms with van der Waals surface area (Å²) >= 11 is 1.61. The maximum atomic E-state index is 11.8. The van der Waals surface area contributed by atoms with Crippen molar-refractivity contribution in [3.63, 3.8) is 0 Å².